The quantitative estimate of drug-likeness (QED) is 0.346. The van der Waals surface area contributed by atoms with Crippen LogP contribution in [0, 0.1) is 13.8 Å². The van der Waals surface area contributed by atoms with Crippen molar-refractivity contribution in [3.05, 3.63) is 93.0 Å². The third-order valence-corrected chi connectivity index (χ3v) is 5.76. The van der Waals surface area contributed by atoms with Crippen LogP contribution in [0.5, 0.6) is 5.75 Å². The van der Waals surface area contributed by atoms with Crippen LogP contribution in [0.4, 0.5) is 5.69 Å². The minimum atomic E-state index is -0.416. The normalized spacial score (nSPS) is 10.6. The Morgan fingerprint density at radius 3 is 2.27 bits per heavy atom. The number of carbonyl (C=O) groups excluding carboxylic acids is 2. The molecule has 3 aromatic carbocycles. The van der Waals surface area contributed by atoms with E-state index in [9.17, 15) is 9.59 Å². The van der Waals surface area contributed by atoms with Gasteiger partial charge in [-0.05, 0) is 86.0 Å². The van der Waals surface area contributed by atoms with E-state index in [0.717, 1.165) is 16.7 Å². The van der Waals surface area contributed by atoms with Crippen molar-refractivity contribution in [2.24, 2.45) is 0 Å². The van der Waals surface area contributed by atoms with E-state index >= 15 is 0 Å². The molecule has 0 aliphatic heterocycles. The monoisotopic (exact) mass is 485 g/mol. The largest absolute Gasteiger partial charge is 0.484 e. The molecule has 0 unspecified atom stereocenters. The molecule has 3 rings (SSSR count). The average molecular weight is 486 g/mol. The van der Waals surface area contributed by atoms with Gasteiger partial charge < -0.3 is 14.4 Å². The summed E-state index contributed by atoms with van der Waals surface area (Å²) in [4.78, 5) is 26.8. The Hall–Kier alpha value is -3.02. The van der Waals surface area contributed by atoms with E-state index in [1.807, 2.05) is 32.0 Å². The smallest absolute Gasteiger partial charge is 0.338 e. The molecule has 0 atom stereocenters. The van der Waals surface area contributed by atoms with Crippen molar-refractivity contribution in [3.8, 4) is 5.75 Å². The van der Waals surface area contributed by atoms with Gasteiger partial charge in [0.25, 0.3) is 5.91 Å². The number of hydrogen-bond donors (Lipinski definition) is 0. The topological polar surface area (TPSA) is 55.8 Å². The van der Waals surface area contributed by atoms with Gasteiger partial charge in [-0.3, -0.25) is 4.79 Å². The summed E-state index contributed by atoms with van der Waals surface area (Å²) < 4.78 is 10.8. The first kappa shape index (κ1) is 24.6. The summed E-state index contributed by atoms with van der Waals surface area (Å²) >= 11 is 12.4. The van der Waals surface area contributed by atoms with E-state index in [1.165, 1.54) is 0 Å². The fraction of sp³-hybridized carbons (Fsp3) is 0.231. The summed E-state index contributed by atoms with van der Waals surface area (Å²) in [6.07, 6.45) is 0. The third kappa shape index (κ3) is 6.50. The highest BCUT2D eigenvalue weighted by Crippen LogP contribution is 2.26. The molecule has 5 nitrogen and oxygen atoms in total. The predicted octanol–water partition coefficient (Wildman–Crippen LogP) is 6.40. The van der Waals surface area contributed by atoms with Crippen LogP contribution in [0.2, 0.25) is 10.0 Å². The number of anilines is 1. The van der Waals surface area contributed by atoms with Crippen molar-refractivity contribution in [3.63, 3.8) is 0 Å². The second kappa shape index (κ2) is 11.2. The zero-order chi connectivity index (χ0) is 24.0. The Kier molecular flexibility index (Phi) is 8.37. The van der Waals surface area contributed by atoms with Gasteiger partial charge in [0.15, 0.2) is 6.61 Å². The molecule has 0 fully saturated rings. The van der Waals surface area contributed by atoms with Crippen molar-refractivity contribution in [1.29, 1.82) is 0 Å². The predicted molar refractivity (Wildman–Crippen MR) is 131 cm³/mol. The van der Waals surface area contributed by atoms with Crippen LogP contribution in [0.1, 0.15) is 34.0 Å². The van der Waals surface area contributed by atoms with Gasteiger partial charge in [-0.25, -0.2) is 4.79 Å². The molecule has 0 saturated heterocycles. The van der Waals surface area contributed by atoms with Gasteiger partial charge in [-0.15, -0.1) is 0 Å². The molecular formula is C26H25Cl2NO4. The molecule has 0 saturated carbocycles. The van der Waals surface area contributed by atoms with Crippen LogP contribution in [0.25, 0.3) is 0 Å². The second-order valence-corrected chi connectivity index (χ2v) is 8.36. The van der Waals surface area contributed by atoms with Crippen molar-refractivity contribution in [2.45, 2.75) is 27.3 Å². The lowest BCUT2D eigenvalue weighted by Gasteiger charge is -2.24. The molecule has 33 heavy (non-hydrogen) atoms. The van der Waals surface area contributed by atoms with Crippen LogP contribution in [-0.4, -0.2) is 25.1 Å². The molecule has 0 radical (unpaired) electrons. The van der Waals surface area contributed by atoms with Crippen LogP contribution in [0.15, 0.2) is 60.7 Å². The standard InChI is InChI=1S/C26H25Cl2NO4/c1-4-32-26(31)19-7-10-22(11-8-19)29(15-20-6-9-21(27)14-24(20)28)25(30)16-33-23-12-5-17(2)18(3)13-23/h5-14H,4,15-16H2,1-3H3. The molecule has 1 amide bonds. The highest BCUT2D eigenvalue weighted by Gasteiger charge is 2.19. The average Bonchev–Trinajstić information content (AvgIpc) is 2.79. The molecule has 0 aliphatic carbocycles. The molecule has 0 aliphatic rings. The number of benzene rings is 3. The molecule has 0 heterocycles. The zero-order valence-electron chi connectivity index (χ0n) is 18.7. The number of halogens is 2. The Bertz CT molecular complexity index is 1150. The Morgan fingerprint density at radius 1 is 0.909 bits per heavy atom. The molecule has 0 bridgehead atoms. The Labute approximate surface area is 203 Å². The molecule has 172 valence electrons. The fourth-order valence-electron chi connectivity index (χ4n) is 3.16. The van der Waals surface area contributed by atoms with Crippen LogP contribution in [0.3, 0.4) is 0 Å². The SMILES string of the molecule is CCOC(=O)c1ccc(N(Cc2ccc(Cl)cc2Cl)C(=O)COc2ccc(C)c(C)c2)cc1. The maximum Gasteiger partial charge on any atom is 0.338 e. The zero-order valence-corrected chi connectivity index (χ0v) is 20.2. The van der Waals surface area contributed by atoms with Gasteiger partial charge in [0.05, 0.1) is 18.7 Å². The summed E-state index contributed by atoms with van der Waals surface area (Å²) in [5.74, 6) is -0.0579. The van der Waals surface area contributed by atoms with Crippen molar-refractivity contribution < 1.29 is 19.1 Å². The lowest BCUT2D eigenvalue weighted by atomic mass is 10.1. The summed E-state index contributed by atoms with van der Waals surface area (Å²) in [7, 11) is 0. The molecule has 0 aromatic heterocycles. The summed E-state index contributed by atoms with van der Waals surface area (Å²) in [6.45, 7) is 6.09. The van der Waals surface area contributed by atoms with E-state index in [-0.39, 0.29) is 25.7 Å². The van der Waals surface area contributed by atoms with Crippen LogP contribution >= 0.6 is 23.2 Å². The molecule has 3 aromatic rings. The van der Waals surface area contributed by atoms with E-state index in [1.54, 1.807) is 54.3 Å². The Balaban J connectivity index is 1.84. The lowest BCUT2D eigenvalue weighted by molar-refractivity contribution is -0.120. The third-order valence-electron chi connectivity index (χ3n) is 5.18. The number of nitrogens with zero attached hydrogens (tertiary/aromatic N) is 1. The number of hydrogen-bond acceptors (Lipinski definition) is 4. The van der Waals surface area contributed by atoms with Gasteiger partial charge in [-0.2, -0.15) is 0 Å². The van der Waals surface area contributed by atoms with Crippen molar-refractivity contribution in [2.75, 3.05) is 18.1 Å². The summed E-state index contributed by atoms with van der Waals surface area (Å²) in [5, 5.41) is 0.969. The van der Waals surface area contributed by atoms with Crippen molar-refractivity contribution in [1.82, 2.24) is 0 Å². The highest BCUT2D eigenvalue weighted by molar-refractivity contribution is 6.35. The van der Waals surface area contributed by atoms with Crippen LogP contribution in [-0.2, 0) is 16.1 Å². The highest BCUT2D eigenvalue weighted by atomic mass is 35.5. The summed E-state index contributed by atoms with van der Waals surface area (Å²) in [5.41, 5.74) is 3.97. The minimum Gasteiger partial charge on any atom is -0.484 e. The van der Waals surface area contributed by atoms with Crippen molar-refractivity contribution >= 4 is 40.8 Å². The number of amides is 1. The van der Waals surface area contributed by atoms with Gasteiger partial charge >= 0.3 is 5.97 Å². The van der Waals surface area contributed by atoms with Gasteiger partial charge in [0.1, 0.15) is 5.75 Å². The first-order valence-corrected chi connectivity index (χ1v) is 11.3. The van der Waals surface area contributed by atoms with Gasteiger partial charge in [0, 0.05) is 15.7 Å². The molecular weight excluding hydrogens is 461 g/mol. The van der Waals surface area contributed by atoms with E-state index < -0.39 is 5.97 Å². The van der Waals surface area contributed by atoms with E-state index in [4.69, 9.17) is 32.7 Å². The van der Waals surface area contributed by atoms with E-state index in [0.29, 0.717) is 27.0 Å². The fourth-order valence-corrected chi connectivity index (χ4v) is 3.63. The molecule has 0 spiro atoms. The number of carbonyl (C=O) groups is 2. The number of rotatable bonds is 8. The van der Waals surface area contributed by atoms with Gasteiger partial charge in [0.2, 0.25) is 0 Å². The van der Waals surface area contributed by atoms with Crippen LogP contribution < -0.4 is 9.64 Å². The first-order valence-electron chi connectivity index (χ1n) is 10.5. The Morgan fingerprint density at radius 2 is 1.64 bits per heavy atom. The maximum atomic E-state index is 13.2. The number of ether oxygens (including phenoxy) is 2. The van der Waals surface area contributed by atoms with Gasteiger partial charge in [-0.1, -0.05) is 35.3 Å². The first-order chi connectivity index (χ1) is 15.8. The van der Waals surface area contributed by atoms with E-state index in [2.05, 4.69) is 0 Å². The summed E-state index contributed by atoms with van der Waals surface area (Å²) in [6, 6.07) is 17.5. The molecule has 0 N–H and O–H groups in total. The minimum absolute atomic E-state index is 0.159. The maximum absolute atomic E-state index is 13.2. The lowest BCUT2D eigenvalue weighted by Crippen LogP contribution is -2.34. The number of aryl methyl sites for hydroxylation is 2. The number of esters is 1. The molecule has 7 heteroatoms. The second-order valence-electron chi connectivity index (χ2n) is 7.52.